The smallest absolute Gasteiger partial charge is 0.341 e. The zero-order chi connectivity index (χ0) is 15.0. The predicted octanol–water partition coefficient (Wildman–Crippen LogP) is 1.94. The molecule has 3 aromatic heterocycles. The second kappa shape index (κ2) is 5.13. The molecule has 0 aliphatic carbocycles. The summed E-state index contributed by atoms with van der Waals surface area (Å²) in [6.45, 7) is 4.06. The Bertz CT molecular complexity index is 823. The monoisotopic (exact) mass is 303 g/mol. The average Bonchev–Trinajstić information content (AvgIpc) is 3.03. The lowest BCUT2D eigenvalue weighted by atomic mass is 10.3. The van der Waals surface area contributed by atoms with Gasteiger partial charge in [-0.2, -0.15) is 10.1 Å². The third kappa shape index (κ3) is 2.45. The van der Waals surface area contributed by atoms with Crippen LogP contribution in [0.3, 0.4) is 0 Å². The molecule has 0 unspecified atom stereocenters. The first-order chi connectivity index (χ1) is 10.1. The molecule has 7 nitrogen and oxygen atoms in total. The zero-order valence-corrected chi connectivity index (χ0v) is 12.3. The molecular weight excluding hydrogens is 290 g/mol. The minimum Gasteiger partial charge on any atom is -0.462 e. The van der Waals surface area contributed by atoms with Gasteiger partial charge in [0.15, 0.2) is 5.82 Å². The van der Waals surface area contributed by atoms with Crippen LogP contribution in [0.1, 0.15) is 22.2 Å². The molecule has 0 radical (unpaired) electrons. The van der Waals surface area contributed by atoms with E-state index in [2.05, 4.69) is 15.1 Å². The molecule has 2 N–H and O–H groups in total. The van der Waals surface area contributed by atoms with E-state index in [1.807, 2.05) is 13.0 Å². The summed E-state index contributed by atoms with van der Waals surface area (Å²) in [5.41, 5.74) is 6.11. The van der Waals surface area contributed by atoms with Crippen LogP contribution in [-0.4, -0.2) is 32.3 Å². The summed E-state index contributed by atoms with van der Waals surface area (Å²) in [5.74, 6) is 0.313. The Morgan fingerprint density at radius 2 is 2.29 bits per heavy atom. The van der Waals surface area contributed by atoms with Crippen LogP contribution in [0.25, 0.3) is 16.0 Å². The number of aromatic nitrogens is 4. The summed E-state index contributed by atoms with van der Waals surface area (Å²) in [6, 6.07) is 1.97. The Labute approximate surface area is 124 Å². The Morgan fingerprint density at radius 1 is 1.48 bits per heavy atom. The molecule has 0 bridgehead atoms. The number of carbonyl (C=O) groups excluding carboxylic acids is 1. The van der Waals surface area contributed by atoms with E-state index in [1.54, 1.807) is 13.1 Å². The van der Waals surface area contributed by atoms with Crippen LogP contribution in [0.15, 0.2) is 18.5 Å². The van der Waals surface area contributed by atoms with E-state index >= 15 is 0 Å². The highest BCUT2D eigenvalue weighted by atomic mass is 32.1. The van der Waals surface area contributed by atoms with Gasteiger partial charge in [0.1, 0.15) is 4.83 Å². The van der Waals surface area contributed by atoms with Crippen molar-refractivity contribution in [2.24, 2.45) is 0 Å². The summed E-state index contributed by atoms with van der Waals surface area (Å²) < 4.78 is 6.46. The molecule has 0 fully saturated rings. The number of ether oxygens (including phenoxy) is 1. The number of fused-ring (bicyclic) bond motifs is 1. The number of nitrogen functional groups attached to an aromatic ring is 1. The number of hydrogen-bond acceptors (Lipinski definition) is 7. The van der Waals surface area contributed by atoms with Gasteiger partial charge in [-0.15, -0.1) is 11.3 Å². The van der Waals surface area contributed by atoms with E-state index in [0.29, 0.717) is 18.0 Å². The highest BCUT2D eigenvalue weighted by molar-refractivity contribution is 7.18. The van der Waals surface area contributed by atoms with Gasteiger partial charge in [0.2, 0.25) is 5.95 Å². The van der Waals surface area contributed by atoms with Crippen LogP contribution in [-0.2, 0) is 4.74 Å². The van der Waals surface area contributed by atoms with Crippen molar-refractivity contribution in [1.29, 1.82) is 0 Å². The van der Waals surface area contributed by atoms with Crippen LogP contribution >= 0.6 is 11.3 Å². The van der Waals surface area contributed by atoms with E-state index in [1.165, 1.54) is 22.2 Å². The van der Waals surface area contributed by atoms with Gasteiger partial charge in [-0.3, -0.25) is 0 Å². The molecule has 0 saturated carbocycles. The maximum absolute atomic E-state index is 11.7. The fourth-order valence-corrected chi connectivity index (χ4v) is 2.86. The number of nitrogens with two attached hydrogens (primary N) is 1. The van der Waals surface area contributed by atoms with Crippen molar-refractivity contribution in [1.82, 2.24) is 19.7 Å². The van der Waals surface area contributed by atoms with Crippen molar-refractivity contribution in [3.05, 3.63) is 28.9 Å². The molecule has 0 atom stereocenters. The van der Waals surface area contributed by atoms with Gasteiger partial charge in [-0.25, -0.2) is 14.5 Å². The molecule has 108 valence electrons. The fourth-order valence-electron chi connectivity index (χ4n) is 1.98. The van der Waals surface area contributed by atoms with E-state index < -0.39 is 5.97 Å². The molecule has 0 spiro atoms. The van der Waals surface area contributed by atoms with Gasteiger partial charge >= 0.3 is 5.97 Å². The van der Waals surface area contributed by atoms with E-state index in [9.17, 15) is 4.79 Å². The molecule has 21 heavy (non-hydrogen) atoms. The zero-order valence-electron chi connectivity index (χ0n) is 11.5. The van der Waals surface area contributed by atoms with Crippen molar-refractivity contribution in [3.63, 3.8) is 0 Å². The molecule has 3 rings (SSSR count). The summed E-state index contributed by atoms with van der Waals surface area (Å²) in [6.07, 6.45) is 3.02. The van der Waals surface area contributed by atoms with E-state index in [4.69, 9.17) is 10.5 Å². The number of hydrogen-bond donors (Lipinski definition) is 1. The molecule has 0 amide bonds. The normalized spacial score (nSPS) is 11.0. The minimum atomic E-state index is -0.413. The first-order valence-electron chi connectivity index (χ1n) is 6.34. The summed E-state index contributed by atoms with van der Waals surface area (Å²) >= 11 is 1.53. The molecule has 0 aliphatic rings. The van der Waals surface area contributed by atoms with Crippen LogP contribution in [0.4, 0.5) is 5.95 Å². The second-order valence-corrected chi connectivity index (χ2v) is 5.61. The standard InChI is InChI=1S/C13H13N5O2S/c1-3-20-12(19)8-5-15-18(6-8)10-9-4-7(2)21-11(9)17-13(14)16-10/h4-6H,3H2,1-2H3,(H2,14,16,17). The largest absolute Gasteiger partial charge is 0.462 e. The van der Waals surface area contributed by atoms with Crippen molar-refractivity contribution in [2.45, 2.75) is 13.8 Å². The summed E-state index contributed by atoms with van der Waals surface area (Å²) in [4.78, 5) is 22.0. The van der Waals surface area contributed by atoms with E-state index in [0.717, 1.165) is 15.1 Å². The number of carbonyl (C=O) groups is 1. The second-order valence-electron chi connectivity index (χ2n) is 4.38. The van der Waals surface area contributed by atoms with Crippen molar-refractivity contribution in [2.75, 3.05) is 12.3 Å². The van der Waals surface area contributed by atoms with Gasteiger partial charge in [0.25, 0.3) is 0 Å². The Kier molecular flexibility index (Phi) is 3.30. The molecule has 0 saturated heterocycles. The highest BCUT2D eigenvalue weighted by Gasteiger charge is 2.15. The minimum absolute atomic E-state index is 0.174. The third-order valence-corrected chi connectivity index (χ3v) is 3.77. The quantitative estimate of drug-likeness (QED) is 0.743. The van der Waals surface area contributed by atoms with Crippen molar-refractivity contribution in [3.8, 4) is 5.82 Å². The molecular formula is C13H13N5O2S. The molecule has 3 aromatic rings. The molecule has 3 heterocycles. The average molecular weight is 303 g/mol. The van der Waals surface area contributed by atoms with Crippen LogP contribution in [0, 0.1) is 6.92 Å². The summed E-state index contributed by atoms with van der Waals surface area (Å²) in [5, 5.41) is 5.02. The first-order valence-corrected chi connectivity index (χ1v) is 7.16. The lowest BCUT2D eigenvalue weighted by Crippen LogP contribution is -2.05. The lowest BCUT2D eigenvalue weighted by molar-refractivity contribution is 0.0526. The van der Waals surface area contributed by atoms with Crippen molar-refractivity contribution < 1.29 is 9.53 Å². The Hall–Kier alpha value is -2.48. The van der Waals surface area contributed by atoms with Crippen LogP contribution in [0.5, 0.6) is 0 Å². The number of esters is 1. The van der Waals surface area contributed by atoms with Gasteiger partial charge in [-0.05, 0) is 19.9 Å². The lowest BCUT2D eigenvalue weighted by Gasteiger charge is -2.03. The molecule has 0 aromatic carbocycles. The maximum atomic E-state index is 11.7. The number of anilines is 1. The van der Waals surface area contributed by atoms with Crippen molar-refractivity contribution >= 4 is 33.5 Å². The maximum Gasteiger partial charge on any atom is 0.341 e. The number of nitrogens with zero attached hydrogens (tertiary/aromatic N) is 4. The van der Waals surface area contributed by atoms with Gasteiger partial charge in [0.05, 0.1) is 23.8 Å². The topological polar surface area (TPSA) is 95.9 Å². The Balaban J connectivity index is 2.10. The SMILES string of the molecule is CCOC(=O)c1cnn(-c2nc(N)nc3sc(C)cc23)c1. The van der Waals surface area contributed by atoms with Gasteiger partial charge in [-0.1, -0.05) is 0 Å². The number of aryl methyl sites for hydroxylation is 1. The Morgan fingerprint density at radius 3 is 3.05 bits per heavy atom. The van der Waals surface area contributed by atoms with Gasteiger partial charge < -0.3 is 10.5 Å². The highest BCUT2D eigenvalue weighted by Crippen LogP contribution is 2.28. The fraction of sp³-hybridized carbons (Fsp3) is 0.231. The first kappa shape index (κ1) is 13.5. The molecule has 8 heteroatoms. The number of rotatable bonds is 3. The van der Waals surface area contributed by atoms with E-state index in [-0.39, 0.29) is 5.95 Å². The summed E-state index contributed by atoms with van der Waals surface area (Å²) in [7, 11) is 0. The third-order valence-electron chi connectivity index (χ3n) is 2.82. The predicted molar refractivity (Wildman–Crippen MR) is 79.6 cm³/mol. The number of thiophene rings is 1. The van der Waals surface area contributed by atoms with Crippen LogP contribution < -0.4 is 5.73 Å². The molecule has 0 aliphatic heterocycles. The van der Waals surface area contributed by atoms with Gasteiger partial charge in [0, 0.05) is 11.1 Å². The van der Waals surface area contributed by atoms with Crippen LogP contribution in [0.2, 0.25) is 0 Å².